The highest BCUT2D eigenvalue weighted by Gasteiger charge is 2.19. The quantitative estimate of drug-likeness (QED) is 0.750. The van der Waals surface area contributed by atoms with Gasteiger partial charge >= 0.3 is 0 Å². The topological polar surface area (TPSA) is 71.0 Å². The molecule has 3 aromatic heterocycles. The summed E-state index contributed by atoms with van der Waals surface area (Å²) in [5.41, 5.74) is 2.52. The van der Waals surface area contributed by atoms with Crippen LogP contribution in [0.1, 0.15) is 28.1 Å². The maximum absolute atomic E-state index is 12.4. The first-order valence-corrected chi connectivity index (χ1v) is 9.45. The minimum Gasteiger partial charge on any atom is -0.298 e. The number of nitrogens with zero attached hydrogens (tertiary/aromatic N) is 4. The third kappa shape index (κ3) is 3.79. The number of aromatic nitrogens is 3. The molecule has 0 unspecified atom stereocenters. The van der Waals surface area contributed by atoms with Crippen molar-refractivity contribution >= 4 is 22.4 Å². The molecule has 0 spiro atoms. The van der Waals surface area contributed by atoms with Gasteiger partial charge in [-0.1, -0.05) is 11.3 Å². The summed E-state index contributed by atoms with van der Waals surface area (Å²) in [5.74, 6) is -0.171. The minimum absolute atomic E-state index is 0.171. The Kier molecular flexibility index (Phi) is 4.99. The summed E-state index contributed by atoms with van der Waals surface area (Å²) in [4.78, 5) is 28.8. The van der Waals surface area contributed by atoms with E-state index in [2.05, 4.69) is 20.2 Å². The maximum atomic E-state index is 12.4. The standard InChI is InChI=1S/C19H19N5OS/c25-18(15-5-9-21-10-6-15)23-19-22-17(14-3-7-20-8-4-14)16(26-19)13-24-11-1-2-12-24/h3-10H,1-2,11-13H2,(H,22,23,25). The van der Waals surface area contributed by atoms with Crippen LogP contribution in [0, 0.1) is 0 Å². The molecular formula is C19H19N5OS. The zero-order valence-corrected chi connectivity index (χ0v) is 15.1. The zero-order chi connectivity index (χ0) is 17.8. The van der Waals surface area contributed by atoms with Crippen LogP contribution >= 0.6 is 11.3 Å². The number of anilines is 1. The molecule has 0 radical (unpaired) electrons. The smallest absolute Gasteiger partial charge is 0.257 e. The van der Waals surface area contributed by atoms with Gasteiger partial charge in [0.2, 0.25) is 0 Å². The van der Waals surface area contributed by atoms with Crippen molar-refractivity contribution in [1.29, 1.82) is 0 Å². The molecule has 1 aliphatic rings. The number of carbonyl (C=O) groups is 1. The molecule has 1 fully saturated rings. The molecular weight excluding hydrogens is 346 g/mol. The minimum atomic E-state index is -0.171. The number of carbonyl (C=O) groups excluding carboxylic acids is 1. The zero-order valence-electron chi connectivity index (χ0n) is 14.3. The Labute approximate surface area is 155 Å². The van der Waals surface area contributed by atoms with Gasteiger partial charge in [0.1, 0.15) is 0 Å². The third-order valence-electron chi connectivity index (χ3n) is 4.38. The summed E-state index contributed by atoms with van der Waals surface area (Å²) < 4.78 is 0. The Hall–Kier alpha value is -2.64. The first-order chi connectivity index (χ1) is 12.8. The summed E-state index contributed by atoms with van der Waals surface area (Å²) in [6.07, 6.45) is 9.24. The van der Waals surface area contributed by atoms with Crippen LogP contribution in [0.4, 0.5) is 5.13 Å². The lowest BCUT2D eigenvalue weighted by Crippen LogP contribution is -2.18. The number of likely N-dealkylation sites (tertiary alicyclic amines) is 1. The maximum Gasteiger partial charge on any atom is 0.257 e. The van der Waals surface area contributed by atoms with Crippen LogP contribution in [-0.4, -0.2) is 38.8 Å². The van der Waals surface area contributed by atoms with Gasteiger partial charge in [-0.2, -0.15) is 0 Å². The normalized spacial score (nSPS) is 14.5. The summed E-state index contributed by atoms with van der Waals surface area (Å²) >= 11 is 1.54. The number of thiazole rings is 1. The van der Waals surface area contributed by atoms with Crippen molar-refractivity contribution in [3.05, 3.63) is 59.5 Å². The van der Waals surface area contributed by atoms with Crippen molar-refractivity contribution < 1.29 is 4.79 Å². The highest BCUT2D eigenvalue weighted by Crippen LogP contribution is 2.32. The van der Waals surface area contributed by atoms with Crippen molar-refractivity contribution in [3.8, 4) is 11.3 Å². The van der Waals surface area contributed by atoms with Gasteiger partial charge in [-0.05, 0) is 50.2 Å². The van der Waals surface area contributed by atoms with E-state index in [1.165, 1.54) is 17.7 Å². The van der Waals surface area contributed by atoms with Gasteiger partial charge in [0, 0.05) is 47.3 Å². The molecule has 1 aliphatic heterocycles. The van der Waals surface area contributed by atoms with Crippen LogP contribution in [0.15, 0.2) is 49.1 Å². The van der Waals surface area contributed by atoms with Gasteiger partial charge in [-0.25, -0.2) is 4.98 Å². The molecule has 26 heavy (non-hydrogen) atoms. The molecule has 132 valence electrons. The lowest BCUT2D eigenvalue weighted by molar-refractivity contribution is 0.102. The average Bonchev–Trinajstić information content (AvgIpc) is 3.33. The molecule has 1 amide bonds. The number of hydrogen-bond acceptors (Lipinski definition) is 6. The third-order valence-corrected chi connectivity index (χ3v) is 5.34. The molecule has 0 saturated carbocycles. The van der Waals surface area contributed by atoms with Crippen LogP contribution in [-0.2, 0) is 6.54 Å². The first kappa shape index (κ1) is 16.8. The van der Waals surface area contributed by atoms with Crippen LogP contribution in [0.2, 0.25) is 0 Å². The van der Waals surface area contributed by atoms with E-state index in [0.717, 1.165) is 30.9 Å². The van der Waals surface area contributed by atoms with Gasteiger partial charge < -0.3 is 0 Å². The highest BCUT2D eigenvalue weighted by atomic mass is 32.1. The fourth-order valence-corrected chi connectivity index (χ4v) is 4.09. The van der Waals surface area contributed by atoms with E-state index in [9.17, 15) is 4.79 Å². The Morgan fingerprint density at radius 1 is 1.04 bits per heavy atom. The highest BCUT2D eigenvalue weighted by molar-refractivity contribution is 7.16. The SMILES string of the molecule is O=C(Nc1nc(-c2ccncc2)c(CN2CCCC2)s1)c1ccncc1. The lowest BCUT2D eigenvalue weighted by atomic mass is 10.2. The summed E-state index contributed by atoms with van der Waals surface area (Å²) in [7, 11) is 0. The van der Waals surface area contributed by atoms with E-state index in [0.29, 0.717) is 10.7 Å². The van der Waals surface area contributed by atoms with E-state index in [1.807, 2.05) is 12.1 Å². The molecule has 4 rings (SSSR count). The molecule has 1 N–H and O–H groups in total. The molecule has 0 aliphatic carbocycles. The summed E-state index contributed by atoms with van der Waals surface area (Å²) in [6, 6.07) is 7.30. The van der Waals surface area contributed by atoms with Crippen molar-refractivity contribution in [2.75, 3.05) is 18.4 Å². The van der Waals surface area contributed by atoms with E-state index in [1.54, 1.807) is 48.3 Å². The van der Waals surface area contributed by atoms with Crippen LogP contribution < -0.4 is 5.32 Å². The number of nitrogens with one attached hydrogen (secondary N) is 1. The first-order valence-electron chi connectivity index (χ1n) is 8.63. The molecule has 0 atom stereocenters. The Morgan fingerprint density at radius 2 is 1.69 bits per heavy atom. The molecule has 0 bridgehead atoms. The van der Waals surface area contributed by atoms with Crippen LogP contribution in [0.3, 0.4) is 0 Å². The monoisotopic (exact) mass is 365 g/mol. The Morgan fingerprint density at radius 3 is 2.38 bits per heavy atom. The van der Waals surface area contributed by atoms with Crippen molar-refractivity contribution in [2.45, 2.75) is 19.4 Å². The van der Waals surface area contributed by atoms with Crippen molar-refractivity contribution in [3.63, 3.8) is 0 Å². The number of hydrogen-bond donors (Lipinski definition) is 1. The van der Waals surface area contributed by atoms with E-state index in [-0.39, 0.29) is 5.91 Å². The number of pyridine rings is 2. The molecule has 4 heterocycles. The number of rotatable bonds is 5. The predicted molar refractivity (Wildman–Crippen MR) is 102 cm³/mol. The fourth-order valence-electron chi connectivity index (χ4n) is 3.06. The van der Waals surface area contributed by atoms with E-state index in [4.69, 9.17) is 4.98 Å². The van der Waals surface area contributed by atoms with Gasteiger partial charge in [-0.3, -0.25) is 25.0 Å². The van der Waals surface area contributed by atoms with Crippen LogP contribution in [0.25, 0.3) is 11.3 Å². The van der Waals surface area contributed by atoms with E-state index >= 15 is 0 Å². The van der Waals surface area contributed by atoms with Crippen molar-refractivity contribution in [2.24, 2.45) is 0 Å². The predicted octanol–water partition coefficient (Wildman–Crippen LogP) is 3.45. The molecule has 7 heteroatoms. The molecule has 0 aromatic carbocycles. The van der Waals surface area contributed by atoms with Crippen LogP contribution in [0.5, 0.6) is 0 Å². The summed E-state index contributed by atoms with van der Waals surface area (Å²) in [6.45, 7) is 3.10. The second-order valence-electron chi connectivity index (χ2n) is 6.20. The molecule has 6 nitrogen and oxygen atoms in total. The second-order valence-corrected chi connectivity index (χ2v) is 7.28. The molecule has 3 aromatic rings. The van der Waals surface area contributed by atoms with Crippen molar-refractivity contribution in [1.82, 2.24) is 19.9 Å². The lowest BCUT2D eigenvalue weighted by Gasteiger charge is -2.13. The van der Waals surface area contributed by atoms with Gasteiger partial charge in [0.15, 0.2) is 5.13 Å². The molecule has 1 saturated heterocycles. The Balaban J connectivity index is 1.61. The summed E-state index contributed by atoms with van der Waals surface area (Å²) in [5, 5.41) is 3.54. The van der Waals surface area contributed by atoms with Gasteiger partial charge in [-0.15, -0.1) is 0 Å². The fraction of sp³-hybridized carbons (Fsp3) is 0.263. The van der Waals surface area contributed by atoms with Gasteiger partial charge in [0.05, 0.1) is 5.69 Å². The van der Waals surface area contributed by atoms with E-state index < -0.39 is 0 Å². The Bertz CT molecular complexity index is 875. The largest absolute Gasteiger partial charge is 0.298 e. The average molecular weight is 365 g/mol. The second kappa shape index (κ2) is 7.72. The van der Waals surface area contributed by atoms with Gasteiger partial charge in [0.25, 0.3) is 5.91 Å². The number of amides is 1.